The number of benzene rings is 2. The number of carbonyl (C=O) groups is 2. The molecule has 0 unspecified atom stereocenters. The Labute approximate surface area is 205 Å². The number of fused-ring (bicyclic) bond motifs is 3. The van der Waals surface area contributed by atoms with Crippen LogP contribution in [-0.2, 0) is 16.0 Å². The van der Waals surface area contributed by atoms with Gasteiger partial charge in [0.05, 0.1) is 16.9 Å². The number of nitro groups is 1. The van der Waals surface area contributed by atoms with Gasteiger partial charge in [0.1, 0.15) is 0 Å². The summed E-state index contributed by atoms with van der Waals surface area (Å²) in [6.07, 6.45) is 0.478. The van der Waals surface area contributed by atoms with Crippen molar-refractivity contribution in [2.45, 2.75) is 26.3 Å². The number of anilines is 2. The third kappa shape index (κ3) is 4.42. The molecule has 35 heavy (non-hydrogen) atoms. The van der Waals surface area contributed by atoms with Crippen LogP contribution in [0.1, 0.15) is 18.1 Å². The van der Waals surface area contributed by atoms with Gasteiger partial charge in [-0.05, 0) is 37.1 Å². The van der Waals surface area contributed by atoms with Crippen molar-refractivity contribution in [2.75, 3.05) is 55.6 Å². The van der Waals surface area contributed by atoms with Crippen molar-refractivity contribution in [3.63, 3.8) is 0 Å². The summed E-state index contributed by atoms with van der Waals surface area (Å²) in [5.74, 6) is -0.198. The molecule has 9 nitrogen and oxygen atoms in total. The average Bonchev–Trinajstić information content (AvgIpc) is 2.87. The summed E-state index contributed by atoms with van der Waals surface area (Å²) in [5.41, 5.74) is 4.26. The quantitative estimate of drug-likeness (QED) is 0.498. The molecule has 2 amide bonds. The van der Waals surface area contributed by atoms with Crippen molar-refractivity contribution < 1.29 is 14.5 Å². The molecule has 9 heteroatoms. The van der Waals surface area contributed by atoms with Crippen LogP contribution in [0.15, 0.2) is 42.5 Å². The normalized spacial score (nSPS) is 21.9. The molecule has 2 aromatic rings. The molecular weight excluding hydrogens is 446 g/mol. The van der Waals surface area contributed by atoms with Crippen molar-refractivity contribution in [3.05, 3.63) is 63.7 Å². The smallest absolute Gasteiger partial charge is 0.269 e. The van der Waals surface area contributed by atoms with Crippen LogP contribution in [0.3, 0.4) is 0 Å². The second kappa shape index (κ2) is 9.20. The Morgan fingerprint density at radius 2 is 1.63 bits per heavy atom. The maximum Gasteiger partial charge on any atom is 0.269 e. The first-order chi connectivity index (χ1) is 16.8. The van der Waals surface area contributed by atoms with E-state index in [1.807, 2.05) is 11.0 Å². The number of carbonyl (C=O) groups excluding carboxylic acids is 2. The van der Waals surface area contributed by atoms with Crippen LogP contribution in [0.4, 0.5) is 17.1 Å². The topological polar surface area (TPSA) is 90.2 Å². The van der Waals surface area contributed by atoms with Crippen LogP contribution >= 0.6 is 0 Å². The van der Waals surface area contributed by atoms with E-state index in [1.165, 1.54) is 5.56 Å². The van der Waals surface area contributed by atoms with Crippen molar-refractivity contribution >= 4 is 28.9 Å². The predicted molar refractivity (Wildman–Crippen MR) is 134 cm³/mol. The van der Waals surface area contributed by atoms with Gasteiger partial charge in [-0.2, -0.15) is 0 Å². The number of non-ortho nitro benzene ring substituents is 1. The number of amides is 2. The fraction of sp³-hybridized carbons (Fsp3) is 0.462. The molecule has 184 valence electrons. The monoisotopic (exact) mass is 477 g/mol. The van der Waals surface area contributed by atoms with Crippen molar-refractivity contribution in [1.82, 2.24) is 9.80 Å². The van der Waals surface area contributed by atoms with Gasteiger partial charge in [0.25, 0.3) is 5.69 Å². The third-order valence-corrected chi connectivity index (χ3v) is 7.66. The summed E-state index contributed by atoms with van der Waals surface area (Å²) in [6.45, 7) is 8.01. The first-order valence-corrected chi connectivity index (χ1v) is 12.2. The molecule has 0 N–H and O–H groups in total. The lowest BCUT2D eigenvalue weighted by molar-refractivity contribution is -0.384. The molecule has 3 aliphatic rings. The van der Waals surface area contributed by atoms with Gasteiger partial charge in [-0.15, -0.1) is 0 Å². The fourth-order valence-electron chi connectivity index (χ4n) is 5.67. The van der Waals surface area contributed by atoms with Gasteiger partial charge in [-0.25, -0.2) is 0 Å². The molecule has 2 atom stereocenters. The number of hydrogen-bond acceptors (Lipinski definition) is 6. The van der Waals surface area contributed by atoms with Gasteiger partial charge >= 0.3 is 0 Å². The fourth-order valence-corrected chi connectivity index (χ4v) is 5.67. The number of nitrogens with zero attached hydrogens (tertiary/aromatic N) is 5. The van der Waals surface area contributed by atoms with Gasteiger partial charge in [0, 0.05) is 76.2 Å². The van der Waals surface area contributed by atoms with E-state index in [2.05, 4.69) is 41.0 Å². The number of hydrogen-bond donors (Lipinski definition) is 0. The highest BCUT2D eigenvalue weighted by molar-refractivity contribution is 5.83. The minimum absolute atomic E-state index is 0.0302. The lowest BCUT2D eigenvalue weighted by Crippen LogP contribution is -2.62. The predicted octanol–water partition coefficient (Wildman–Crippen LogP) is 2.46. The van der Waals surface area contributed by atoms with Crippen LogP contribution in [-0.4, -0.2) is 78.4 Å². The van der Waals surface area contributed by atoms with E-state index in [0.29, 0.717) is 39.1 Å². The molecule has 0 aliphatic carbocycles. The van der Waals surface area contributed by atoms with Crippen LogP contribution in [0.5, 0.6) is 0 Å². The maximum atomic E-state index is 13.8. The summed E-state index contributed by atoms with van der Waals surface area (Å²) in [7, 11) is 0. The van der Waals surface area contributed by atoms with E-state index in [4.69, 9.17) is 0 Å². The van der Waals surface area contributed by atoms with E-state index < -0.39 is 0 Å². The minimum atomic E-state index is -0.375. The van der Waals surface area contributed by atoms with E-state index in [1.54, 1.807) is 24.0 Å². The van der Waals surface area contributed by atoms with E-state index in [9.17, 15) is 19.7 Å². The number of aryl methyl sites for hydroxylation is 1. The lowest BCUT2D eigenvalue weighted by atomic mass is 9.82. The Kier molecular flexibility index (Phi) is 6.08. The third-order valence-electron chi connectivity index (χ3n) is 7.66. The van der Waals surface area contributed by atoms with Crippen molar-refractivity contribution in [1.29, 1.82) is 0 Å². The number of rotatable bonds is 3. The van der Waals surface area contributed by atoms with E-state index in [-0.39, 0.29) is 34.4 Å². The van der Waals surface area contributed by atoms with Gasteiger partial charge < -0.3 is 19.6 Å². The molecule has 2 fully saturated rings. The molecular formula is C26H31N5O4. The highest BCUT2D eigenvalue weighted by atomic mass is 16.6. The first-order valence-electron chi connectivity index (χ1n) is 12.2. The molecule has 5 rings (SSSR count). The van der Waals surface area contributed by atoms with E-state index >= 15 is 0 Å². The van der Waals surface area contributed by atoms with Gasteiger partial charge in [-0.1, -0.05) is 17.7 Å². The maximum absolute atomic E-state index is 13.8. The lowest BCUT2D eigenvalue weighted by Gasteiger charge is -2.50. The zero-order valence-electron chi connectivity index (χ0n) is 20.2. The zero-order valence-corrected chi connectivity index (χ0v) is 20.2. The summed E-state index contributed by atoms with van der Waals surface area (Å²) < 4.78 is 0. The highest BCUT2D eigenvalue weighted by Crippen LogP contribution is 2.39. The van der Waals surface area contributed by atoms with Crippen LogP contribution < -0.4 is 9.80 Å². The minimum Gasteiger partial charge on any atom is -0.368 e. The van der Waals surface area contributed by atoms with Crippen LogP contribution in [0, 0.1) is 23.0 Å². The molecule has 3 aliphatic heterocycles. The van der Waals surface area contributed by atoms with Crippen LogP contribution in [0.2, 0.25) is 0 Å². The Morgan fingerprint density at radius 1 is 0.943 bits per heavy atom. The Balaban J connectivity index is 1.44. The molecule has 0 aromatic heterocycles. The second-order valence-corrected chi connectivity index (χ2v) is 9.75. The first kappa shape index (κ1) is 23.1. The molecule has 3 heterocycles. The summed E-state index contributed by atoms with van der Waals surface area (Å²) in [4.78, 5) is 44.9. The van der Waals surface area contributed by atoms with Gasteiger partial charge in [0.2, 0.25) is 11.8 Å². The second-order valence-electron chi connectivity index (χ2n) is 9.75. The Hall–Kier alpha value is -3.62. The number of piperazine rings is 2. The number of nitro benzene ring substituents is 1. The van der Waals surface area contributed by atoms with Crippen molar-refractivity contribution in [3.8, 4) is 0 Å². The highest BCUT2D eigenvalue weighted by Gasteiger charge is 2.43. The van der Waals surface area contributed by atoms with Crippen molar-refractivity contribution in [2.24, 2.45) is 5.92 Å². The average molecular weight is 478 g/mol. The largest absolute Gasteiger partial charge is 0.368 e. The molecule has 0 saturated carbocycles. The molecule has 0 radical (unpaired) electrons. The summed E-state index contributed by atoms with van der Waals surface area (Å²) in [6, 6.07) is 13.5. The molecule has 0 spiro atoms. The SMILES string of the molecule is CC(=O)N1CCN(C(=O)[C@H]2Cc3cc([N+](=O)[O-])ccc3N3CCN(c4ccc(C)cc4)C[C@@H]23)CC1. The summed E-state index contributed by atoms with van der Waals surface area (Å²) in [5, 5.41) is 11.4. The molecule has 2 saturated heterocycles. The Bertz CT molecular complexity index is 1140. The standard InChI is InChI=1S/C26H31N5O4/c1-18-3-5-21(6-4-18)29-13-14-30-24-8-7-22(31(34)35)15-20(24)16-23(25(30)17-29)26(33)28-11-9-27(10-12-28)19(2)32/h3-8,15,23,25H,9-14,16-17H2,1-2H3/t23-,25-/m0/s1. The Morgan fingerprint density at radius 3 is 2.29 bits per heavy atom. The zero-order chi connectivity index (χ0) is 24.7. The van der Waals surface area contributed by atoms with Crippen LogP contribution in [0.25, 0.3) is 0 Å². The van der Waals surface area contributed by atoms with Gasteiger partial charge in [0.15, 0.2) is 0 Å². The molecule has 2 aromatic carbocycles. The van der Waals surface area contributed by atoms with Gasteiger partial charge in [-0.3, -0.25) is 19.7 Å². The molecule has 0 bridgehead atoms. The summed E-state index contributed by atoms with van der Waals surface area (Å²) >= 11 is 0. The van der Waals surface area contributed by atoms with E-state index in [0.717, 1.165) is 30.0 Å².